The highest BCUT2D eigenvalue weighted by molar-refractivity contribution is 5.98. The first-order valence-corrected chi connectivity index (χ1v) is 11.9. The Labute approximate surface area is 208 Å². The number of benzene rings is 2. The van der Waals surface area contributed by atoms with E-state index in [4.69, 9.17) is 4.52 Å². The second-order valence-corrected chi connectivity index (χ2v) is 9.22. The molecular weight excluding hydrogens is 468 g/mol. The zero-order chi connectivity index (χ0) is 25.8. The summed E-state index contributed by atoms with van der Waals surface area (Å²) in [5.41, 5.74) is 1.28. The molecule has 2 amide bonds. The van der Waals surface area contributed by atoms with Gasteiger partial charge in [-0.2, -0.15) is 4.98 Å². The zero-order valence-electron chi connectivity index (χ0n) is 20.5. The number of carbonyl (C=O) groups excluding carboxylic acids is 2. The lowest BCUT2D eigenvalue weighted by atomic mass is 10.0. The van der Waals surface area contributed by atoms with E-state index in [-0.39, 0.29) is 11.8 Å². The molecule has 1 aliphatic rings. The van der Waals surface area contributed by atoms with Crippen LogP contribution in [0.3, 0.4) is 0 Å². The average Bonchev–Trinajstić information content (AvgIpc) is 3.30. The standard InChI is InChI=1S/C26H29F2N5O3/c1-16(2)23(30-25(34)22-19(27)9-6-10-20(22)28)26(35)33-13-11-32(12-14-33)15-21-29-24(31-36-21)18-8-5-4-7-17(18)3/h4-10,16,23H,11-15H2,1-3H3,(H,30,34)/t23-/m0/s1. The van der Waals surface area contributed by atoms with Crippen molar-refractivity contribution in [1.82, 2.24) is 25.3 Å². The predicted octanol–water partition coefficient (Wildman–Crippen LogP) is 3.42. The highest BCUT2D eigenvalue weighted by atomic mass is 19.1. The summed E-state index contributed by atoms with van der Waals surface area (Å²) in [6.45, 7) is 8.02. The van der Waals surface area contributed by atoms with Crippen molar-refractivity contribution >= 4 is 11.8 Å². The van der Waals surface area contributed by atoms with E-state index < -0.39 is 29.1 Å². The summed E-state index contributed by atoms with van der Waals surface area (Å²) in [7, 11) is 0. The minimum absolute atomic E-state index is 0.271. The van der Waals surface area contributed by atoms with Crippen LogP contribution in [0.15, 0.2) is 47.0 Å². The molecule has 1 aromatic heterocycles. The number of carbonyl (C=O) groups is 2. The highest BCUT2D eigenvalue weighted by Crippen LogP contribution is 2.21. The maximum Gasteiger partial charge on any atom is 0.257 e. The lowest BCUT2D eigenvalue weighted by Gasteiger charge is -2.36. The molecule has 4 rings (SSSR count). The molecule has 10 heteroatoms. The zero-order valence-corrected chi connectivity index (χ0v) is 20.5. The summed E-state index contributed by atoms with van der Waals surface area (Å²) >= 11 is 0. The molecule has 1 aliphatic heterocycles. The maximum atomic E-state index is 14.0. The highest BCUT2D eigenvalue weighted by Gasteiger charge is 2.32. The quantitative estimate of drug-likeness (QED) is 0.538. The molecule has 1 fully saturated rings. The van der Waals surface area contributed by atoms with Gasteiger partial charge >= 0.3 is 0 Å². The summed E-state index contributed by atoms with van der Waals surface area (Å²) in [6, 6.07) is 10.1. The van der Waals surface area contributed by atoms with Gasteiger partial charge in [-0.3, -0.25) is 14.5 Å². The molecule has 36 heavy (non-hydrogen) atoms. The van der Waals surface area contributed by atoms with Crippen LogP contribution in [0.2, 0.25) is 0 Å². The van der Waals surface area contributed by atoms with Crippen LogP contribution < -0.4 is 5.32 Å². The summed E-state index contributed by atoms with van der Waals surface area (Å²) in [4.78, 5) is 34.0. The lowest BCUT2D eigenvalue weighted by molar-refractivity contribution is -0.136. The van der Waals surface area contributed by atoms with Gasteiger partial charge in [0.15, 0.2) is 0 Å². The normalized spacial score (nSPS) is 15.2. The lowest BCUT2D eigenvalue weighted by Crippen LogP contribution is -2.56. The Morgan fingerprint density at radius 1 is 1.03 bits per heavy atom. The Morgan fingerprint density at radius 2 is 1.69 bits per heavy atom. The van der Waals surface area contributed by atoms with Crippen molar-refractivity contribution in [2.75, 3.05) is 26.2 Å². The SMILES string of the molecule is Cc1ccccc1-c1noc(CN2CCN(C(=O)[C@@H](NC(=O)c3c(F)cccc3F)C(C)C)CC2)n1. The Balaban J connectivity index is 1.35. The van der Waals surface area contributed by atoms with Crippen LogP contribution in [0.5, 0.6) is 0 Å². The molecule has 1 N–H and O–H groups in total. The van der Waals surface area contributed by atoms with E-state index in [9.17, 15) is 18.4 Å². The number of aromatic nitrogens is 2. The fourth-order valence-corrected chi connectivity index (χ4v) is 4.21. The monoisotopic (exact) mass is 497 g/mol. The number of rotatable bonds is 7. The Bertz CT molecular complexity index is 1220. The molecule has 0 aliphatic carbocycles. The first kappa shape index (κ1) is 25.4. The van der Waals surface area contributed by atoms with Crippen LogP contribution in [0.4, 0.5) is 8.78 Å². The minimum atomic E-state index is -0.970. The van der Waals surface area contributed by atoms with E-state index >= 15 is 0 Å². The number of halogens is 2. The molecule has 3 aromatic rings. The van der Waals surface area contributed by atoms with Crippen molar-refractivity contribution in [2.45, 2.75) is 33.4 Å². The van der Waals surface area contributed by atoms with Crippen molar-refractivity contribution in [3.05, 3.63) is 71.1 Å². The number of amides is 2. The summed E-state index contributed by atoms with van der Waals surface area (Å²) in [5.74, 6) is -2.41. The first-order valence-electron chi connectivity index (χ1n) is 11.9. The van der Waals surface area contributed by atoms with Crippen LogP contribution >= 0.6 is 0 Å². The van der Waals surface area contributed by atoms with Crippen molar-refractivity contribution < 1.29 is 22.9 Å². The topological polar surface area (TPSA) is 91.6 Å². The Hall–Kier alpha value is -3.66. The minimum Gasteiger partial charge on any atom is -0.340 e. The third-order valence-corrected chi connectivity index (χ3v) is 6.31. The molecule has 8 nitrogen and oxygen atoms in total. The van der Waals surface area contributed by atoms with E-state index in [1.54, 1.807) is 18.7 Å². The van der Waals surface area contributed by atoms with Gasteiger partial charge in [0.2, 0.25) is 17.6 Å². The first-order chi connectivity index (χ1) is 17.2. The number of hydrogen-bond acceptors (Lipinski definition) is 6. The smallest absolute Gasteiger partial charge is 0.257 e. The van der Waals surface area contributed by atoms with Crippen molar-refractivity contribution in [1.29, 1.82) is 0 Å². The van der Waals surface area contributed by atoms with E-state index in [1.807, 2.05) is 31.2 Å². The van der Waals surface area contributed by atoms with Gasteiger partial charge in [0.1, 0.15) is 23.2 Å². The third-order valence-electron chi connectivity index (χ3n) is 6.31. The number of aryl methyl sites for hydroxylation is 1. The van der Waals surface area contributed by atoms with Gasteiger partial charge in [0.05, 0.1) is 6.54 Å². The van der Waals surface area contributed by atoms with Crippen LogP contribution in [-0.4, -0.2) is 64.0 Å². The Morgan fingerprint density at radius 3 is 2.33 bits per heavy atom. The molecule has 0 spiro atoms. The molecule has 2 heterocycles. The van der Waals surface area contributed by atoms with Gasteiger partial charge in [0, 0.05) is 31.7 Å². The van der Waals surface area contributed by atoms with Crippen molar-refractivity contribution in [3.63, 3.8) is 0 Å². The van der Waals surface area contributed by atoms with Gasteiger partial charge < -0.3 is 14.7 Å². The molecule has 1 saturated heterocycles. The molecular formula is C26H29F2N5O3. The molecule has 190 valence electrons. The van der Waals surface area contributed by atoms with Crippen LogP contribution in [0.25, 0.3) is 11.4 Å². The van der Waals surface area contributed by atoms with Gasteiger partial charge in [-0.05, 0) is 30.5 Å². The number of nitrogens with one attached hydrogen (secondary N) is 1. The molecule has 0 saturated carbocycles. The van der Waals surface area contributed by atoms with E-state index in [0.717, 1.165) is 23.3 Å². The molecule has 1 atom stereocenters. The second-order valence-electron chi connectivity index (χ2n) is 9.22. The number of nitrogens with zero attached hydrogens (tertiary/aromatic N) is 4. The largest absolute Gasteiger partial charge is 0.340 e. The maximum absolute atomic E-state index is 14.0. The van der Waals surface area contributed by atoms with Crippen molar-refractivity contribution in [3.8, 4) is 11.4 Å². The van der Waals surface area contributed by atoms with Gasteiger partial charge in [-0.1, -0.05) is 49.3 Å². The van der Waals surface area contributed by atoms with Crippen molar-refractivity contribution in [2.24, 2.45) is 5.92 Å². The average molecular weight is 498 g/mol. The molecule has 2 aromatic carbocycles. The Kier molecular flexibility index (Phi) is 7.73. The fourth-order valence-electron chi connectivity index (χ4n) is 4.21. The van der Waals surface area contributed by atoms with Crippen LogP contribution in [0.1, 0.15) is 35.7 Å². The van der Waals surface area contributed by atoms with Crippen LogP contribution in [0, 0.1) is 24.5 Å². The van der Waals surface area contributed by atoms with Gasteiger partial charge in [-0.25, -0.2) is 8.78 Å². The number of piperazine rings is 1. The fraction of sp³-hybridized carbons (Fsp3) is 0.385. The molecule has 0 bridgehead atoms. The van der Waals surface area contributed by atoms with Gasteiger partial charge in [0.25, 0.3) is 5.91 Å². The van der Waals surface area contributed by atoms with E-state index in [1.165, 1.54) is 6.07 Å². The molecule has 0 unspecified atom stereocenters. The summed E-state index contributed by atoms with van der Waals surface area (Å²) < 4.78 is 33.5. The predicted molar refractivity (Wildman–Crippen MR) is 129 cm³/mol. The summed E-state index contributed by atoms with van der Waals surface area (Å²) in [5, 5.41) is 6.62. The van der Waals surface area contributed by atoms with E-state index in [0.29, 0.717) is 44.4 Å². The molecule has 0 radical (unpaired) electrons. The van der Waals surface area contributed by atoms with Gasteiger partial charge in [-0.15, -0.1) is 0 Å². The number of hydrogen-bond donors (Lipinski definition) is 1. The van der Waals surface area contributed by atoms with E-state index in [2.05, 4.69) is 20.4 Å². The third kappa shape index (κ3) is 5.59. The van der Waals surface area contributed by atoms with Crippen LogP contribution in [-0.2, 0) is 11.3 Å². The second kappa shape index (κ2) is 10.9. The summed E-state index contributed by atoms with van der Waals surface area (Å²) in [6.07, 6.45) is 0.